The van der Waals surface area contributed by atoms with Crippen LogP contribution in [-0.2, 0) is 9.84 Å². The molecule has 1 saturated heterocycles. The molecule has 104 valence electrons. The smallest absolute Gasteiger partial charge is 0.165 e. The lowest BCUT2D eigenvalue weighted by Crippen LogP contribution is -2.30. The fraction of sp³-hybridized carbons (Fsp3) is 0.417. The number of halogens is 1. The van der Waals surface area contributed by atoms with Crippen molar-refractivity contribution in [2.24, 2.45) is 0 Å². The number of aliphatic hydroxyl groups is 1. The largest absolute Gasteiger partial charge is 0.484 e. The molecule has 0 bridgehead atoms. The van der Waals surface area contributed by atoms with Gasteiger partial charge < -0.3 is 9.84 Å². The van der Waals surface area contributed by atoms with Gasteiger partial charge in [-0.05, 0) is 25.1 Å². The zero-order chi connectivity index (χ0) is 14.2. The van der Waals surface area contributed by atoms with E-state index in [1.165, 1.54) is 19.1 Å². The lowest BCUT2D eigenvalue weighted by molar-refractivity contribution is 0.0710. The summed E-state index contributed by atoms with van der Waals surface area (Å²) in [4.78, 5) is 11.1. The van der Waals surface area contributed by atoms with Crippen LogP contribution in [0.1, 0.15) is 17.3 Å². The molecule has 7 heteroatoms. The molecule has 1 aliphatic heterocycles. The molecule has 0 amide bonds. The molecule has 1 aromatic carbocycles. The number of hydrogen-bond donors (Lipinski definition) is 1. The van der Waals surface area contributed by atoms with Gasteiger partial charge in [0.2, 0.25) is 0 Å². The van der Waals surface area contributed by atoms with Gasteiger partial charge in [-0.25, -0.2) is 12.8 Å². The SMILES string of the molecule is CC(=O)c1ccc(OC2CS(=O)(=O)CC2O)c(F)c1. The van der Waals surface area contributed by atoms with E-state index in [0.29, 0.717) is 0 Å². The first-order valence-corrected chi connectivity index (χ1v) is 7.46. The highest BCUT2D eigenvalue weighted by Gasteiger charge is 2.38. The molecule has 0 aliphatic carbocycles. The van der Waals surface area contributed by atoms with E-state index in [2.05, 4.69) is 0 Å². The Morgan fingerprint density at radius 1 is 1.42 bits per heavy atom. The first-order valence-electron chi connectivity index (χ1n) is 5.64. The number of aliphatic hydroxyl groups excluding tert-OH is 1. The van der Waals surface area contributed by atoms with Crippen molar-refractivity contribution in [1.29, 1.82) is 0 Å². The number of benzene rings is 1. The Balaban J connectivity index is 2.18. The number of Topliss-reactive ketones (excluding diaryl/α,β-unsaturated/α-hetero) is 1. The molecular formula is C12H13FO5S. The molecule has 0 aromatic heterocycles. The third kappa shape index (κ3) is 3.10. The van der Waals surface area contributed by atoms with Gasteiger partial charge in [0.1, 0.15) is 12.2 Å². The van der Waals surface area contributed by atoms with Crippen molar-refractivity contribution in [3.05, 3.63) is 29.6 Å². The van der Waals surface area contributed by atoms with Crippen LogP contribution in [0.25, 0.3) is 0 Å². The highest BCUT2D eigenvalue weighted by molar-refractivity contribution is 7.91. The standard InChI is InChI=1S/C12H13FO5S/c1-7(14)8-2-3-11(9(13)4-8)18-12-6-19(16,17)5-10(12)15/h2-4,10,12,15H,5-6H2,1H3. The molecule has 19 heavy (non-hydrogen) atoms. The summed E-state index contributed by atoms with van der Waals surface area (Å²) in [7, 11) is -3.35. The molecule has 1 N–H and O–H groups in total. The van der Waals surface area contributed by atoms with Crippen LogP contribution >= 0.6 is 0 Å². The number of hydrogen-bond acceptors (Lipinski definition) is 5. The first-order chi connectivity index (χ1) is 8.78. The van der Waals surface area contributed by atoms with E-state index in [-0.39, 0.29) is 28.6 Å². The van der Waals surface area contributed by atoms with Crippen LogP contribution in [0.2, 0.25) is 0 Å². The Morgan fingerprint density at radius 2 is 2.11 bits per heavy atom. The number of ketones is 1. The van der Waals surface area contributed by atoms with E-state index >= 15 is 0 Å². The molecule has 2 unspecified atom stereocenters. The normalized spacial score (nSPS) is 25.2. The van der Waals surface area contributed by atoms with Gasteiger partial charge in [-0.3, -0.25) is 4.79 Å². The van der Waals surface area contributed by atoms with Crippen molar-refractivity contribution in [1.82, 2.24) is 0 Å². The highest BCUT2D eigenvalue weighted by atomic mass is 32.2. The molecule has 0 saturated carbocycles. The van der Waals surface area contributed by atoms with Crippen LogP contribution in [0, 0.1) is 5.82 Å². The summed E-state index contributed by atoms with van der Waals surface area (Å²) in [6.07, 6.45) is -2.15. The summed E-state index contributed by atoms with van der Waals surface area (Å²) in [5.41, 5.74) is 0.199. The predicted molar refractivity (Wildman–Crippen MR) is 65.5 cm³/mol. The first kappa shape index (κ1) is 14.0. The molecule has 1 fully saturated rings. The molecule has 2 rings (SSSR count). The van der Waals surface area contributed by atoms with E-state index in [1.807, 2.05) is 0 Å². The fourth-order valence-corrected chi connectivity index (χ4v) is 3.55. The lowest BCUT2D eigenvalue weighted by Gasteiger charge is -2.16. The third-order valence-corrected chi connectivity index (χ3v) is 4.57. The minimum Gasteiger partial charge on any atom is -0.484 e. The van der Waals surface area contributed by atoms with Crippen LogP contribution in [0.5, 0.6) is 5.75 Å². The van der Waals surface area contributed by atoms with Crippen molar-refractivity contribution in [2.75, 3.05) is 11.5 Å². The van der Waals surface area contributed by atoms with Crippen LogP contribution in [-0.4, -0.2) is 43.0 Å². The van der Waals surface area contributed by atoms with Gasteiger partial charge in [-0.15, -0.1) is 0 Å². The van der Waals surface area contributed by atoms with Crippen molar-refractivity contribution in [2.45, 2.75) is 19.1 Å². The second kappa shape index (κ2) is 4.90. The van der Waals surface area contributed by atoms with Crippen molar-refractivity contribution in [3.63, 3.8) is 0 Å². The molecule has 2 atom stereocenters. The summed E-state index contributed by atoms with van der Waals surface area (Å²) in [6.45, 7) is 1.31. The Kier molecular flexibility index (Phi) is 3.60. The monoisotopic (exact) mass is 288 g/mol. The summed E-state index contributed by atoms with van der Waals surface area (Å²) in [6, 6.07) is 3.66. The Hall–Kier alpha value is -1.47. The molecular weight excluding hydrogens is 275 g/mol. The number of ether oxygens (including phenoxy) is 1. The van der Waals surface area contributed by atoms with Crippen molar-refractivity contribution in [3.8, 4) is 5.75 Å². The minimum atomic E-state index is -3.35. The average Bonchev–Trinajstić information content (AvgIpc) is 2.54. The summed E-state index contributed by atoms with van der Waals surface area (Å²) >= 11 is 0. The summed E-state index contributed by atoms with van der Waals surface area (Å²) < 4.78 is 41.4. The molecule has 0 spiro atoms. The summed E-state index contributed by atoms with van der Waals surface area (Å²) in [5, 5.41) is 9.54. The fourth-order valence-electron chi connectivity index (χ4n) is 1.89. The zero-order valence-corrected chi connectivity index (χ0v) is 11.0. The summed E-state index contributed by atoms with van der Waals surface area (Å²) in [5.74, 6) is -1.95. The van der Waals surface area contributed by atoms with E-state index in [0.717, 1.165) is 6.07 Å². The molecule has 1 aromatic rings. The molecule has 0 radical (unpaired) electrons. The van der Waals surface area contributed by atoms with Gasteiger partial charge in [0.15, 0.2) is 27.2 Å². The average molecular weight is 288 g/mol. The van der Waals surface area contributed by atoms with Crippen LogP contribution < -0.4 is 4.74 Å². The van der Waals surface area contributed by atoms with Crippen LogP contribution in [0.3, 0.4) is 0 Å². The van der Waals surface area contributed by atoms with Gasteiger partial charge in [-0.2, -0.15) is 0 Å². The predicted octanol–water partition coefficient (Wildman–Crippen LogP) is 0.565. The Bertz CT molecular complexity index is 611. The number of carbonyl (C=O) groups excluding carboxylic acids is 1. The van der Waals surface area contributed by atoms with Crippen LogP contribution in [0.15, 0.2) is 18.2 Å². The van der Waals surface area contributed by atoms with Crippen molar-refractivity contribution < 1.29 is 27.4 Å². The maximum absolute atomic E-state index is 13.7. The van der Waals surface area contributed by atoms with Gasteiger partial charge >= 0.3 is 0 Å². The maximum atomic E-state index is 13.7. The minimum absolute atomic E-state index is 0.175. The van der Waals surface area contributed by atoms with Gasteiger partial charge in [0.05, 0.1) is 11.5 Å². The van der Waals surface area contributed by atoms with E-state index < -0.39 is 27.9 Å². The van der Waals surface area contributed by atoms with E-state index in [9.17, 15) is 22.7 Å². The number of carbonyl (C=O) groups is 1. The Labute approximate surface area is 109 Å². The third-order valence-electron chi connectivity index (χ3n) is 2.89. The number of sulfone groups is 1. The van der Waals surface area contributed by atoms with E-state index in [1.54, 1.807) is 0 Å². The zero-order valence-electron chi connectivity index (χ0n) is 10.2. The highest BCUT2D eigenvalue weighted by Crippen LogP contribution is 2.24. The quantitative estimate of drug-likeness (QED) is 0.822. The van der Waals surface area contributed by atoms with E-state index in [4.69, 9.17) is 4.74 Å². The second-order valence-corrected chi connectivity index (χ2v) is 6.66. The topological polar surface area (TPSA) is 80.7 Å². The van der Waals surface area contributed by atoms with Gasteiger partial charge in [0, 0.05) is 5.56 Å². The maximum Gasteiger partial charge on any atom is 0.165 e. The van der Waals surface area contributed by atoms with Crippen molar-refractivity contribution >= 4 is 15.6 Å². The van der Waals surface area contributed by atoms with Gasteiger partial charge in [0.25, 0.3) is 0 Å². The van der Waals surface area contributed by atoms with Crippen LogP contribution in [0.4, 0.5) is 4.39 Å². The lowest BCUT2D eigenvalue weighted by atomic mass is 10.1. The molecule has 1 aliphatic rings. The van der Waals surface area contributed by atoms with Gasteiger partial charge in [-0.1, -0.05) is 0 Å². The Morgan fingerprint density at radius 3 is 2.58 bits per heavy atom. The second-order valence-electron chi connectivity index (χ2n) is 4.50. The molecule has 1 heterocycles. The number of rotatable bonds is 3. The molecule has 5 nitrogen and oxygen atoms in total.